The normalized spacial score (nSPS) is 19.8. The molecule has 1 aromatic rings. The number of rotatable bonds is 5. The Morgan fingerprint density at radius 2 is 1.80 bits per heavy atom. The smallest absolute Gasteiger partial charge is 0.203 e. The minimum Gasteiger partial charge on any atom is -0.493 e. The molecule has 1 fully saturated rings. The van der Waals surface area contributed by atoms with Crippen LogP contribution in [0.15, 0.2) is 24.3 Å². The van der Waals surface area contributed by atoms with Gasteiger partial charge in [0.05, 0.1) is 34.5 Å². The number of nitrogens with two attached hydrogens (primary N) is 1. The van der Waals surface area contributed by atoms with E-state index in [9.17, 15) is 0 Å². The lowest BCUT2D eigenvalue weighted by atomic mass is 9.90. The molecular weight excluding hydrogens is 258 g/mol. The van der Waals surface area contributed by atoms with E-state index < -0.39 is 0 Å². The molecule has 0 aromatic heterocycles. The summed E-state index contributed by atoms with van der Waals surface area (Å²) in [5.74, 6) is 1.87. The van der Waals surface area contributed by atoms with Crippen molar-refractivity contribution >= 4 is 0 Å². The van der Waals surface area contributed by atoms with Gasteiger partial charge < -0.3 is 24.7 Å². The molecule has 1 aliphatic rings. The molecular formula is C15H21NO4. The molecule has 2 rings (SSSR count). The van der Waals surface area contributed by atoms with Crippen molar-refractivity contribution in [1.82, 2.24) is 0 Å². The van der Waals surface area contributed by atoms with E-state index in [1.54, 1.807) is 21.3 Å². The summed E-state index contributed by atoms with van der Waals surface area (Å²) in [5, 5.41) is 0. The molecule has 2 atom stereocenters. The summed E-state index contributed by atoms with van der Waals surface area (Å²) >= 11 is 0. The molecule has 1 aliphatic heterocycles. The van der Waals surface area contributed by atoms with E-state index >= 15 is 0 Å². The maximum atomic E-state index is 6.34. The maximum absolute atomic E-state index is 6.34. The van der Waals surface area contributed by atoms with Crippen LogP contribution in [0.25, 0.3) is 0 Å². The van der Waals surface area contributed by atoms with Crippen molar-refractivity contribution in [2.45, 2.75) is 6.04 Å². The lowest BCUT2D eigenvalue weighted by Gasteiger charge is -2.21. The Bertz CT molecular complexity index is 476. The molecule has 0 aliphatic carbocycles. The van der Waals surface area contributed by atoms with Crippen molar-refractivity contribution in [3.63, 3.8) is 0 Å². The molecule has 0 amide bonds. The minimum absolute atomic E-state index is 0.109. The molecule has 0 spiro atoms. The predicted octanol–water partition coefficient (Wildman–Crippen LogP) is 1.91. The molecule has 2 N–H and O–H groups in total. The van der Waals surface area contributed by atoms with Gasteiger partial charge in [0.2, 0.25) is 5.75 Å². The number of hydrogen-bond donors (Lipinski definition) is 1. The van der Waals surface area contributed by atoms with Crippen molar-refractivity contribution < 1.29 is 18.9 Å². The van der Waals surface area contributed by atoms with E-state index in [4.69, 9.17) is 24.7 Å². The Morgan fingerprint density at radius 3 is 2.20 bits per heavy atom. The first-order valence-corrected chi connectivity index (χ1v) is 6.43. The van der Waals surface area contributed by atoms with Crippen molar-refractivity contribution in [2.24, 2.45) is 11.7 Å². The summed E-state index contributed by atoms with van der Waals surface area (Å²) in [7, 11) is 4.75. The van der Waals surface area contributed by atoms with Gasteiger partial charge in [-0.3, -0.25) is 0 Å². The van der Waals surface area contributed by atoms with Crippen LogP contribution in [0.4, 0.5) is 0 Å². The van der Waals surface area contributed by atoms with E-state index in [-0.39, 0.29) is 12.0 Å². The van der Waals surface area contributed by atoms with Gasteiger partial charge in [0.25, 0.3) is 0 Å². The van der Waals surface area contributed by atoms with Crippen LogP contribution in [0.3, 0.4) is 0 Å². The Hall–Kier alpha value is -1.72. The summed E-state index contributed by atoms with van der Waals surface area (Å²) in [6.45, 7) is 5.18. The highest BCUT2D eigenvalue weighted by Gasteiger charge is 2.29. The Morgan fingerprint density at radius 1 is 1.20 bits per heavy atom. The highest BCUT2D eigenvalue weighted by atomic mass is 16.5. The van der Waals surface area contributed by atoms with Crippen LogP contribution in [0.2, 0.25) is 0 Å². The topological polar surface area (TPSA) is 62.9 Å². The number of methoxy groups -OCH3 is 3. The molecule has 0 saturated carbocycles. The van der Waals surface area contributed by atoms with Gasteiger partial charge in [-0.2, -0.15) is 0 Å². The molecule has 0 unspecified atom stereocenters. The van der Waals surface area contributed by atoms with Crippen LogP contribution in [0.5, 0.6) is 17.2 Å². The number of benzene rings is 1. The zero-order chi connectivity index (χ0) is 14.7. The lowest BCUT2D eigenvalue weighted by molar-refractivity contribution is 0.182. The van der Waals surface area contributed by atoms with Gasteiger partial charge in [0, 0.05) is 12.0 Å². The second-order valence-electron chi connectivity index (χ2n) is 4.76. The third kappa shape index (κ3) is 2.59. The number of ether oxygens (including phenoxy) is 4. The first kappa shape index (κ1) is 14.7. The van der Waals surface area contributed by atoms with Crippen molar-refractivity contribution in [3.05, 3.63) is 29.8 Å². The second kappa shape index (κ2) is 6.15. The SMILES string of the molecule is C=C1COC[C@@H]1[C@@H](N)c1cc(OC)c(OC)c(OC)c1. The second-order valence-corrected chi connectivity index (χ2v) is 4.76. The molecule has 1 heterocycles. The molecule has 0 radical (unpaired) electrons. The molecule has 20 heavy (non-hydrogen) atoms. The zero-order valence-electron chi connectivity index (χ0n) is 12.1. The first-order valence-electron chi connectivity index (χ1n) is 6.43. The van der Waals surface area contributed by atoms with Crippen molar-refractivity contribution in [1.29, 1.82) is 0 Å². The first-order chi connectivity index (χ1) is 9.62. The van der Waals surface area contributed by atoms with Crippen LogP contribution in [0.1, 0.15) is 11.6 Å². The fourth-order valence-electron chi connectivity index (χ4n) is 2.43. The minimum atomic E-state index is -0.210. The molecule has 0 bridgehead atoms. The summed E-state index contributed by atoms with van der Waals surface area (Å²) in [4.78, 5) is 0. The van der Waals surface area contributed by atoms with E-state index in [0.717, 1.165) is 11.1 Å². The van der Waals surface area contributed by atoms with Gasteiger partial charge >= 0.3 is 0 Å². The van der Waals surface area contributed by atoms with Crippen LogP contribution < -0.4 is 19.9 Å². The van der Waals surface area contributed by atoms with Gasteiger partial charge in [-0.25, -0.2) is 0 Å². The van der Waals surface area contributed by atoms with Crippen LogP contribution in [-0.2, 0) is 4.74 Å². The van der Waals surface area contributed by atoms with Gasteiger partial charge in [-0.15, -0.1) is 0 Å². The van der Waals surface area contributed by atoms with Gasteiger partial charge in [-0.05, 0) is 23.3 Å². The van der Waals surface area contributed by atoms with E-state index in [0.29, 0.717) is 30.5 Å². The Labute approximate surface area is 119 Å². The van der Waals surface area contributed by atoms with Gasteiger partial charge in [0.15, 0.2) is 11.5 Å². The largest absolute Gasteiger partial charge is 0.493 e. The van der Waals surface area contributed by atoms with E-state index in [1.165, 1.54) is 0 Å². The van der Waals surface area contributed by atoms with Crippen molar-refractivity contribution in [2.75, 3.05) is 34.5 Å². The fraction of sp³-hybridized carbons (Fsp3) is 0.467. The quantitative estimate of drug-likeness (QED) is 0.834. The van der Waals surface area contributed by atoms with Gasteiger partial charge in [0.1, 0.15) is 0 Å². The summed E-state index contributed by atoms with van der Waals surface area (Å²) < 4.78 is 21.4. The zero-order valence-corrected chi connectivity index (χ0v) is 12.1. The highest BCUT2D eigenvalue weighted by molar-refractivity contribution is 5.54. The van der Waals surface area contributed by atoms with Gasteiger partial charge in [-0.1, -0.05) is 6.58 Å². The molecule has 5 heteroatoms. The fourth-order valence-corrected chi connectivity index (χ4v) is 2.43. The molecule has 1 saturated heterocycles. The number of hydrogen-bond acceptors (Lipinski definition) is 5. The Kier molecular flexibility index (Phi) is 4.52. The summed E-state index contributed by atoms with van der Waals surface area (Å²) in [6, 6.07) is 3.54. The van der Waals surface area contributed by atoms with Crippen LogP contribution in [0, 0.1) is 5.92 Å². The average molecular weight is 279 g/mol. The summed E-state index contributed by atoms with van der Waals surface area (Å²) in [5.41, 5.74) is 8.27. The third-order valence-corrected chi connectivity index (χ3v) is 3.61. The Balaban J connectivity index is 2.38. The van der Waals surface area contributed by atoms with Crippen LogP contribution in [-0.4, -0.2) is 34.5 Å². The highest BCUT2D eigenvalue weighted by Crippen LogP contribution is 2.41. The lowest BCUT2D eigenvalue weighted by Crippen LogP contribution is -2.22. The predicted molar refractivity (Wildman–Crippen MR) is 76.5 cm³/mol. The molecule has 110 valence electrons. The standard InChI is InChI=1S/C15H21NO4/c1-9-7-20-8-11(9)14(16)10-5-12(17-2)15(19-4)13(6-10)18-3/h5-6,11,14H,1,7-8,16H2,2-4H3/t11-,14-/m0/s1. The maximum Gasteiger partial charge on any atom is 0.203 e. The average Bonchev–Trinajstić information content (AvgIpc) is 2.90. The molecule has 5 nitrogen and oxygen atoms in total. The third-order valence-electron chi connectivity index (χ3n) is 3.61. The van der Waals surface area contributed by atoms with E-state index in [1.807, 2.05) is 12.1 Å². The van der Waals surface area contributed by atoms with Crippen molar-refractivity contribution in [3.8, 4) is 17.2 Å². The monoisotopic (exact) mass is 279 g/mol. The summed E-state index contributed by atoms with van der Waals surface area (Å²) in [6.07, 6.45) is 0. The van der Waals surface area contributed by atoms with E-state index in [2.05, 4.69) is 6.58 Å². The van der Waals surface area contributed by atoms with Crippen LogP contribution >= 0.6 is 0 Å². The molecule has 1 aromatic carbocycles.